The van der Waals surface area contributed by atoms with Gasteiger partial charge in [-0.05, 0) is 43.0 Å². The van der Waals surface area contributed by atoms with Crippen LogP contribution in [0.15, 0.2) is 49.1 Å². The van der Waals surface area contributed by atoms with Crippen molar-refractivity contribution >= 4 is 22.6 Å². The van der Waals surface area contributed by atoms with Gasteiger partial charge in [0.1, 0.15) is 0 Å². The van der Waals surface area contributed by atoms with Gasteiger partial charge in [-0.3, -0.25) is 9.78 Å². The van der Waals surface area contributed by atoms with E-state index in [0.29, 0.717) is 18.3 Å². The van der Waals surface area contributed by atoms with E-state index in [0.717, 1.165) is 16.5 Å². The number of hydrogen-bond donors (Lipinski definition) is 1. The van der Waals surface area contributed by atoms with Gasteiger partial charge in [0, 0.05) is 23.8 Å². The van der Waals surface area contributed by atoms with Gasteiger partial charge in [-0.2, -0.15) is 0 Å². The van der Waals surface area contributed by atoms with Crippen molar-refractivity contribution < 1.29 is 4.79 Å². The molecule has 23 heavy (non-hydrogen) atoms. The standard InChI is InChI=1S/C18H18N4O/c23-18(21-17-11-22(12-20-17)15-4-1-5-15)10-13-6-7-16-14(9-13)3-2-8-19-16/h2-3,6-9,11-12,15H,1,4-5,10H2,(H,21,23). The average Bonchev–Trinajstić information content (AvgIpc) is 2.93. The van der Waals surface area contributed by atoms with E-state index in [-0.39, 0.29) is 5.91 Å². The largest absolute Gasteiger partial charge is 0.332 e. The third kappa shape index (κ3) is 2.95. The number of imidazole rings is 1. The molecule has 0 atom stereocenters. The summed E-state index contributed by atoms with van der Waals surface area (Å²) in [6.45, 7) is 0. The van der Waals surface area contributed by atoms with E-state index >= 15 is 0 Å². The molecule has 4 rings (SSSR count). The Labute approximate surface area is 134 Å². The van der Waals surface area contributed by atoms with Gasteiger partial charge >= 0.3 is 0 Å². The first-order valence-corrected chi connectivity index (χ1v) is 7.95. The molecule has 0 unspecified atom stereocenters. The molecule has 2 aromatic heterocycles. The molecule has 1 saturated carbocycles. The van der Waals surface area contributed by atoms with E-state index < -0.39 is 0 Å². The molecular weight excluding hydrogens is 288 g/mol. The summed E-state index contributed by atoms with van der Waals surface area (Å²) in [5.41, 5.74) is 1.91. The summed E-state index contributed by atoms with van der Waals surface area (Å²) in [4.78, 5) is 20.8. The average molecular weight is 306 g/mol. The molecule has 1 N–H and O–H groups in total. The quantitative estimate of drug-likeness (QED) is 0.804. The number of anilines is 1. The predicted molar refractivity (Wildman–Crippen MR) is 89.2 cm³/mol. The number of carbonyl (C=O) groups is 1. The van der Waals surface area contributed by atoms with Gasteiger partial charge in [-0.25, -0.2) is 4.98 Å². The third-order valence-electron chi connectivity index (χ3n) is 4.40. The fourth-order valence-corrected chi connectivity index (χ4v) is 2.89. The summed E-state index contributed by atoms with van der Waals surface area (Å²) < 4.78 is 2.10. The Bertz CT molecular complexity index is 851. The fourth-order valence-electron chi connectivity index (χ4n) is 2.89. The lowest BCUT2D eigenvalue weighted by molar-refractivity contribution is -0.115. The number of aromatic nitrogens is 3. The van der Waals surface area contributed by atoms with Gasteiger partial charge in [0.2, 0.25) is 5.91 Å². The van der Waals surface area contributed by atoms with Crippen LogP contribution in [0.2, 0.25) is 0 Å². The zero-order valence-corrected chi connectivity index (χ0v) is 12.8. The van der Waals surface area contributed by atoms with Gasteiger partial charge in [-0.15, -0.1) is 0 Å². The molecule has 3 aromatic rings. The molecule has 1 aliphatic rings. The lowest BCUT2D eigenvalue weighted by Gasteiger charge is -2.26. The number of pyridine rings is 1. The van der Waals surface area contributed by atoms with E-state index in [4.69, 9.17) is 0 Å². The molecule has 5 nitrogen and oxygen atoms in total. The maximum absolute atomic E-state index is 12.2. The van der Waals surface area contributed by atoms with Crippen molar-refractivity contribution in [2.45, 2.75) is 31.7 Å². The van der Waals surface area contributed by atoms with Gasteiger partial charge in [0.25, 0.3) is 0 Å². The van der Waals surface area contributed by atoms with E-state index in [2.05, 4.69) is 19.9 Å². The van der Waals surface area contributed by atoms with E-state index in [1.54, 1.807) is 12.5 Å². The number of benzene rings is 1. The Morgan fingerprint density at radius 3 is 3.00 bits per heavy atom. The number of amides is 1. The SMILES string of the molecule is O=C(Cc1ccc2ncccc2c1)Nc1cn(C2CCC2)cn1. The lowest BCUT2D eigenvalue weighted by atomic mass is 9.93. The van der Waals surface area contributed by atoms with Crippen LogP contribution in [-0.2, 0) is 11.2 Å². The van der Waals surface area contributed by atoms with Crippen molar-refractivity contribution in [3.63, 3.8) is 0 Å². The summed E-state index contributed by atoms with van der Waals surface area (Å²) >= 11 is 0. The molecule has 1 aromatic carbocycles. The first kappa shape index (κ1) is 13.9. The van der Waals surface area contributed by atoms with Crippen molar-refractivity contribution in [3.05, 3.63) is 54.6 Å². The van der Waals surface area contributed by atoms with Gasteiger partial charge < -0.3 is 9.88 Å². The zero-order chi connectivity index (χ0) is 15.6. The molecule has 0 saturated heterocycles. The minimum atomic E-state index is -0.0490. The molecule has 0 aliphatic heterocycles. The highest BCUT2D eigenvalue weighted by Crippen LogP contribution is 2.31. The van der Waals surface area contributed by atoms with Crippen LogP contribution in [0.1, 0.15) is 30.9 Å². The number of nitrogens with zero attached hydrogens (tertiary/aromatic N) is 3. The molecule has 5 heteroatoms. The Morgan fingerprint density at radius 1 is 1.26 bits per heavy atom. The summed E-state index contributed by atoms with van der Waals surface area (Å²) in [5.74, 6) is 0.580. The highest BCUT2D eigenvalue weighted by Gasteiger charge is 2.19. The molecule has 0 radical (unpaired) electrons. The van der Waals surface area contributed by atoms with Crippen LogP contribution in [0, 0.1) is 0 Å². The summed E-state index contributed by atoms with van der Waals surface area (Å²) in [7, 11) is 0. The molecule has 1 aliphatic carbocycles. The summed E-state index contributed by atoms with van der Waals surface area (Å²) in [6, 6.07) is 10.4. The normalized spacial score (nSPS) is 14.6. The Morgan fingerprint density at radius 2 is 2.17 bits per heavy atom. The topological polar surface area (TPSA) is 59.8 Å². The highest BCUT2D eigenvalue weighted by atomic mass is 16.1. The van der Waals surface area contributed by atoms with Crippen LogP contribution in [0.3, 0.4) is 0 Å². The number of carbonyl (C=O) groups excluding carboxylic acids is 1. The molecule has 1 fully saturated rings. The molecular formula is C18H18N4O. The van der Waals surface area contributed by atoms with Crippen LogP contribution in [0.4, 0.5) is 5.82 Å². The van der Waals surface area contributed by atoms with Gasteiger partial charge in [0.05, 0.1) is 18.3 Å². The van der Waals surface area contributed by atoms with E-state index in [9.17, 15) is 4.79 Å². The zero-order valence-electron chi connectivity index (χ0n) is 12.8. The molecule has 2 heterocycles. The molecule has 0 spiro atoms. The second kappa shape index (κ2) is 5.83. The van der Waals surface area contributed by atoms with Crippen molar-refractivity contribution in [1.29, 1.82) is 0 Å². The second-order valence-electron chi connectivity index (χ2n) is 6.05. The third-order valence-corrected chi connectivity index (χ3v) is 4.40. The van der Waals surface area contributed by atoms with Crippen LogP contribution in [-0.4, -0.2) is 20.4 Å². The Kier molecular flexibility index (Phi) is 3.54. The Balaban J connectivity index is 1.43. The first-order valence-electron chi connectivity index (χ1n) is 7.95. The molecule has 1 amide bonds. The minimum absolute atomic E-state index is 0.0490. The van der Waals surface area contributed by atoms with Crippen LogP contribution in [0.25, 0.3) is 10.9 Å². The number of nitrogens with one attached hydrogen (secondary N) is 1. The lowest BCUT2D eigenvalue weighted by Crippen LogP contribution is -2.16. The van der Waals surface area contributed by atoms with E-state index in [1.807, 2.05) is 36.5 Å². The number of rotatable bonds is 4. The van der Waals surface area contributed by atoms with E-state index in [1.165, 1.54) is 19.3 Å². The number of fused-ring (bicyclic) bond motifs is 1. The number of hydrogen-bond acceptors (Lipinski definition) is 3. The predicted octanol–water partition coefficient (Wildman–Crippen LogP) is 3.34. The summed E-state index contributed by atoms with van der Waals surface area (Å²) in [5, 5.41) is 3.92. The van der Waals surface area contributed by atoms with Crippen LogP contribution >= 0.6 is 0 Å². The fraction of sp³-hybridized carbons (Fsp3) is 0.278. The Hall–Kier alpha value is -2.69. The van der Waals surface area contributed by atoms with Crippen molar-refractivity contribution in [2.75, 3.05) is 5.32 Å². The first-order chi connectivity index (χ1) is 11.3. The smallest absolute Gasteiger partial charge is 0.229 e. The summed E-state index contributed by atoms with van der Waals surface area (Å²) in [6.07, 6.45) is 9.52. The van der Waals surface area contributed by atoms with Crippen molar-refractivity contribution in [1.82, 2.24) is 14.5 Å². The minimum Gasteiger partial charge on any atom is -0.332 e. The maximum Gasteiger partial charge on any atom is 0.229 e. The van der Waals surface area contributed by atoms with Gasteiger partial charge in [-0.1, -0.05) is 12.1 Å². The molecule has 116 valence electrons. The van der Waals surface area contributed by atoms with Crippen molar-refractivity contribution in [2.24, 2.45) is 0 Å². The van der Waals surface area contributed by atoms with Gasteiger partial charge in [0.15, 0.2) is 5.82 Å². The highest BCUT2D eigenvalue weighted by molar-refractivity contribution is 5.92. The monoisotopic (exact) mass is 306 g/mol. The van der Waals surface area contributed by atoms with Crippen LogP contribution < -0.4 is 5.32 Å². The second-order valence-corrected chi connectivity index (χ2v) is 6.05. The van der Waals surface area contributed by atoms with Crippen LogP contribution in [0.5, 0.6) is 0 Å². The maximum atomic E-state index is 12.2. The molecule has 0 bridgehead atoms. The van der Waals surface area contributed by atoms with Crippen molar-refractivity contribution in [3.8, 4) is 0 Å².